The van der Waals surface area contributed by atoms with Gasteiger partial charge in [-0.05, 0) is 47.1 Å². The topological polar surface area (TPSA) is 116 Å². The maximum absolute atomic E-state index is 10.4. The molecule has 6 atom stereocenters. The highest BCUT2D eigenvalue weighted by Gasteiger charge is 2.43. The second-order valence-electron chi connectivity index (χ2n) is 7.94. The zero-order valence-electron chi connectivity index (χ0n) is 16.9. The van der Waals surface area contributed by atoms with Gasteiger partial charge in [0, 0.05) is 5.69 Å². The van der Waals surface area contributed by atoms with E-state index in [-0.39, 0.29) is 0 Å². The predicted octanol–water partition coefficient (Wildman–Crippen LogP) is 1.89. The molecule has 6 N–H and O–H groups in total. The number of nitrogens with two attached hydrogens (primary N) is 1. The molecule has 29 heavy (non-hydrogen) atoms. The van der Waals surface area contributed by atoms with Crippen molar-refractivity contribution in [2.75, 3.05) is 12.3 Å². The molecule has 1 heterocycles. The van der Waals surface area contributed by atoms with E-state index in [0.717, 1.165) is 17.5 Å². The normalized spacial score (nSPS) is 28.3. The number of nitrogen functional groups attached to an aromatic ring is 1. The van der Waals surface area contributed by atoms with Crippen molar-refractivity contribution in [3.05, 3.63) is 64.7 Å². The summed E-state index contributed by atoms with van der Waals surface area (Å²) in [6.07, 6.45) is -4.17. The Morgan fingerprint density at radius 2 is 1.69 bits per heavy atom. The molecule has 1 fully saturated rings. The van der Waals surface area contributed by atoms with Crippen molar-refractivity contribution in [3.63, 3.8) is 0 Å². The average Bonchev–Trinajstić information content (AvgIpc) is 2.74. The minimum Gasteiger partial charge on any atom is -0.398 e. The summed E-state index contributed by atoms with van der Waals surface area (Å²) in [4.78, 5) is 0. The molecule has 1 aliphatic heterocycles. The van der Waals surface area contributed by atoms with Crippen LogP contribution in [0.2, 0.25) is 0 Å². The molecular formula is C23H31NO5. The van der Waals surface area contributed by atoms with E-state index in [1.807, 2.05) is 6.07 Å². The van der Waals surface area contributed by atoms with E-state index in [2.05, 4.69) is 38.1 Å². The Morgan fingerprint density at radius 3 is 2.31 bits per heavy atom. The molecule has 2 aromatic rings. The number of aliphatic hydroxyl groups is 4. The van der Waals surface area contributed by atoms with Gasteiger partial charge >= 0.3 is 0 Å². The van der Waals surface area contributed by atoms with Crippen LogP contribution in [0.5, 0.6) is 0 Å². The van der Waals surface area contributed by atoms with Crippen molar-refractivity contribution in [2.45, 2.75) is 63.1 Å². The molecule has 1 saturated heterocycles. The standard InChI is InChI=1S/C23H31NO5/c1-3-13(2)15-6-4-14(5-7-15)10-17-11-16(8-9-18(17)24)23-22(28)21(27)20(26)19(12-25)29-23/h4-9,11,13,19-23,25-28H,3,10,12,24H2,1-2H3/t13?,19?,20-,21+,22-,23?/m1/s1. The van der Waals surface area contributed by atoms with Crippen LogP contribution in [0.25, 0.3) is 0 Å². The summed E-state index contributed by atoms with van der Waals surface area (Å²) in [5, 5.41) is 39.8. The Kier molecular flexibility index (Phi) is 6.93. The van der Waals surface area contributed by atoms with Crippen molar-refractivity contribution in [1.29, 1.82) is 0 Å². The SMILES string of the molecule is CCC(C)c1ccc(Cc2cc(C3OC(CO)[C@@H](O)[C@H](O)[C@H]3O)ccc2N)cc1. The van der Waals surface area contributed by atoms with Gasteiger partial charge in [-0.1, -0.05) is 50.2 Å². The molecule has 2 aromatic carbocycles. The van der Waals surface area contributed by atoms with Crippen LogP contribution in [0.3, 0.4) is 0 Å². The summed E-state index contributed by atoms with van der Waals surface area (Å²) < 4.78 is 5.67. The van der Waals surface area contributed by atoms with Crippen LogP contribution in [0.4, 0.5) is 5.69 Å². The Hall–Kier alpha value is -1.96. The lowest BCUT2D eigenvalue weighted by Crippen LogP contribution is -2.55. The molecule has 3 unspecified atom stereocenters. The first-order chi connectivity index (χ1) is 13.8. The fourth-order valence-electron chi connectivity index (χ4n) is 3.75. The Balaban J connectivity index is 1.82. The largest absolute Gasteiger partial charge is 0.398 e. The van der Waals surface area contributed by atoms with Crippen LogP contribution in [0.15, 0.2) is 42.5 Å². The van der Waals surface area contributed by atoms with Crippen molar-refractivity contribution in [1.82, 2.24) is 0 Å². The van der Waals surface area contributed by atoms with Crippen molar-refractivity contribution >= 4 is 5.69 Å². The van der Waals surface area contributed by atoms with Gasteiger partial charge in [-0.25, -0.2) is 0 Å². The summed E-state index contributed by atoms with van der Waals surface area (Å²) in [5.74, 6) is 0.517. The zero-order chi connectivity index (χ0) is 21.1. The van der Waals surface area contributed by atoms with Crippen LogP contribution in [-0.4, -0.2) is 51.4 Å². The first-order valence-electron chi connectivity index (χ1n) is 10.1. The van der Waals surface area contributed by atoms with E-state index in [0.29, 0.717) is 23.6 Å². The first-order valence-corrected chi connectivity index (χ1v) is 10.1. The smallest absolute Gasteiger partial charge is 0.113 e. The number of ether oxygens (including phenoxy) is 1. The summed E-state index contributed by atoms with van der Waals surface area (Å²) in [6.45, 7) is 3.92. The lowest BCUT2D eigenvalue weighted by Gasteiger charge is -2.40. The first kappa shape index (κ1) is 21.7. The van der Waals surface area contributed by atoms with Crippen molar-refractivity contribution in [2.24, 2.45) is 0 Å². The number of rotatable bonds is 6. The molecule has 0 amide bonds. The van der Waals surface area contributed by atoms with Crippen LogP contribution in [0, 0.1) is 0 Å². The molecule has 0 spiro atoms. The van der Waals surface area contributed by atoms with Gasteiger partial charge in [0.1, 0.15) is 30.5 Å². The quantitative estimate of drug-likeness (QED) is 0.472. The van der Waals surface area contributed by atoms with Gasteiger partial charge in [0.05, 0.1) is 6.61 Å². The highest BCUT2D eigenvalue weighted by Crippen LogP contribution is 2.34. The fourth-order valence-corrected chi connectivity index (χ4v) is 3.75. The summed E-state index contributed by atoms with van der Waals surface area (Å²) in [6, 6.07) is 13.8. The molecule has 0 saturated carbocycles. The van der Waals surface area contributed by atoms with Gasteiger partial charge in [-0.3, -0.25) is 0 Å². The van der Waals surface area contributed by atoms with Gasteiger partial charge in [0.15, 0.2) is 0 Å². The number of benzene rings is 2. The van der Waals surface area contributed by atoms with Crippen LogP contribution in [0.1, 0.15) is 54.5 Å². The van der Waals surface area contributed by atoms with E-state index in [1.165, 1.54) is 5.56 Å². The molecule has 0 aromatic heterocycles. The number of hydrogen-bond donors (Lipinski definition) is 5. The summed E-state index contributed by atoms with van der Waals surface area (Å²) >= 11 is 0. The maximum Gasteiger partial charge on any atom is 0.113 e. The number of hydrogen-bond acceptors (Lipinski definition) is 6. The van der Waals surface area contributed by atoms with E-state index in [4.69, 9.17) is 10.5 Å². The van der Waals surface area contributed by atoms with E-state index in [1.54, 1.807) is 12.1 Å². The highest BCUT2D eigenvalue weighted by atomic mass is 16.5. The molecule has 0 bridgehead atoms. The molecule has 3 rings (SSSR count). The van der Waals surface area contributed by atoms with Crippen LogP contribution < -0.4 is 5.73 Å². The van der Waals surface area contributed by atoms with Crippen LogP contribution >= 0.6 is 0 Å². The average molecular weight is 402 g/mol. The van der Waals surface area contributed by atoms with Gasteiger partial charge in [0.2, 0.25) is 0 Å². The molecular weight excluding hydrogens is 370 g/mol. The zero-order valence-corrected chi connectivity index (χ0v) is 16.9. The van der Waals surface area contributed by atoms with Gasteiger partial charge in [-0.15, -0.1) is 0 Å². The molecule has 0 aliphatic carbocycles. The Morgan fingerprint density at radius 1 is 1.00 bits per heavy atom. The lowest BCUT2D eigenvalue weighted by molar-refractivity contribution is -0.231. The van der Waals surface area contributed by atoms with E-state index >= 15 is 0 Å². The monoisotopic (exact) mass is 401 g/mol. The molecule has 158 valence electrons. The highest BCUT2D eigenvalue weighted by molar-refractivity contribution is 5.51. The third kappa shape index (κ3) is 4.63. The fraction of sp³-hybridized carbons (Fsp3) is 0.478. The second kappa shape index (κ2) is 9.24. The van der Waals surface area contributed by atoms with E-state index in [9.17, 15) is 20.4 Å². The summed E-state index contributed by atoms with van der Waals surface area (Å²) in [7, 11) is 0. The van der Waals surface area contributed by atoms with Gasteiger partial charge in [-0.2, -0.15) is 0 Å². The molecule has 6 heteroatoms. The Labute approximate surface area is 171 Å². The van der Waals surface area contributed by atoms with Crippen molar-refractivity contribution < 1.29 is 25.2 Å². The predicted molar refractivity (Wildman–Crippen MR) is 112 cm³/mol. The third-order valence-corrected chi connectivity index (χ3v) is 5.94. The minimum atomic E-state index is -1.40. The maximum atomic E-state index is 10.4. The second-order valence-corrected chi connectivity index (χ2v) is 7.94. The molecule has 0 radical (unpaired) electrons. The van der Waals surface area contributed by atoms with E-state index < -0.39 is 37.1 Å². The summed E-state index contributed by atoms with van der Waals surface area (Å²) in [5.41, 5.74) is 10.8. The Bertz CT molecular complexity index is 807. The number of aliphatic hydroxyl groups excluding tert-OH is 4. The number of anilines is 1. The van der Waals surface area contributed by atoms with Gasteiger partial charge < -0.3 is 30.9 Å². The molecule has 6 nitrogen and oxygen atoms in total. The third-order valence-electron chi connectivity index (χ3n) is 5.94. The minimum absolute atomic E-state index is 0.453. The van der Waals surface area contributed by atoms with Crippen molar-refractivity contribution in [3.8, 4) is 0 Å². The molecule has 1 aliphatic rings. The lowest BCUT2D eigenvalue weighted by atomic mass is 9.89. The van der Waals surface area contributed by atoms with Crippen LogP contribution in [-0.2, 0) is 11.2 Å². The van der Waals surface area contributed by atoms with Gasteiger partial charge in [0.25, 0.3) is 0 Å².